The maximum atomic E-state index is 13.1. The SMILES string of the molecule is Cc1cc(C)c(Cn2nc(C(C)(C)C)cc2C(=O)NS(=O)(=O)c2ccccc2)c(C)c1. The van der Waals surface area contributed by atoms with E-state index in [1.807, 2.05) is 41.5 Å². The minimum Gasteiger partial charge on any atom is -0.266 e. The molecule has 1 heterocycles. The van der Waals surface area contributed by atoms with Crippen LogP contribution in [0.2, 0.25) is 0 Å². The molecule has 6 nitrogen and oxygen atoms in total. The van der Waals surface area contributed by atoms with E-state index in [4.69, 9.17) is 0 Å². The highest BCUT2D eigenvalue weighted by Crippen LogP contribution is 2.24. The fourth-order valence-corrected chi connectivity index (χ4v) is 4.51. The van der Waals surface area contributed by atoms with Crippen molar-refractivity contribution in [1.29, 1.82) is 0 Å². The molecule has 0 aliphatic carbocycles. The molecule has 0 aliphatic rings. The fourth-order valence-electron chi connectivity index (χ4n) is 3.53. The van der Waals surface area contributed by atoms with Gasteiger partial charge in [-0.25, -0.2) is 13.1 Å². The molecule has 0 atom stereocenters. The van der Waals surface area contributed by atoms with Crippen molar-refractivity contribution in [3.8, 4) is 0 Å². The van der Waals surface area contributed by atoms with Crippen molar-refractivity contribution in [3.63, 3.8) is 0 Å². The maximum Gasteiger partial charge on any atom is 0.283 e. The molecule has 1 aromatic heterocycles. The van der Waals surface area contributed by atoms with Crippen molar-refractivity contribution in [1.82, 2.24) is 14.5 Å². The average molecular weight is 440 g/mol. The highest BCUT2D eigenvalue weighted by molar-refractivity contribution is 7.90. The molecule has 0 radical (unpaired) electrons. The van der Waals surface area contributed by atoms with Crippen LogP contribution in [0.15, 0.2) is 53.4 Å². The van der Waals surface area contributed by atoms with Gasteiger partial charge in [0.1, 0.15) is 5.69 Å². The highest BCUT2D eigenvalue weighted by atomic mass is 32.2. The van der Waals surface area contributed by atoms with Gasteiger partial charge in [-0.15, -0.1) is 0 Å². The summed E-state index contributed by atoms with van der Waals surface area (Å²) >= 11 is 0. The normalized spacial score (nSPS) is 12.1. The molecule has 0 fully saturated rings. The fraction of sp³-hybridized carbons (Fsp3) is 0.333. The molecular formula is C24H29N3O3S. The lowest BCUT2D eigenvalue weighted by molar-refractivity contribution is 0.0971. The number of hydrogen-bond donors (Lipinski definition) is 1. The standard InChI is InChI=1S/C24H29N3O3S/c1-16-12-17(2)20(18(3)13-16)15-27-21(14-22(25-27)24(4,5)6)23(28)26-31(29,30)19-10-8-7-9-11-19/h7-14H,15H2,1-6H3,(H,26,28). The van der Waals surface area contributed by atoms with E-state index in [2.05, 4.69) is 22.0 Å². The molecule has 1 N–H and O–H groups in total. The van der Waals surface area contributed by atoms with Gasteiger partial charge in [0.2, 0.25) is 0 Å². The van der Waals surface area contributed by atoms with Crippen LogP contribution in [-0.4, -0.2) is 24.1 Å². The molecule has 31 heavy (non-hydrogen) atoms. The number of aromatic nitrogens is 2. The van der Waals surface area contributed by atoms with Gasteiger partial charge in [0.15, 0.2) is 0 Å². The Bertz CT molecular complexity index is 1200. The second-order valence-electron chi connectivity index (χ2n) is 8.95. The lowest BCUT2D eigenvalue weighted by Gasteiger charge is -2.15. The van der Waals surface area contributed by atoms with Crippen LogP contribution in [0, 0.1) is 20.8 Å². The van der Waals surface area contributed by atoms with E-state index in [9.17, 15) is 13.2 Å². The van der Waals surface area contributed by atoms with Crippen molar-refractivity contribution < 1.29 is 13.2 Å². The maximum absolute atomic E-state index is 13.1. The smallest absolute Gasteiger partial charge is 0.266 e. The minimum absolute atomic E-state index is 0.0377. The van der Waals surface area contributed by atoms with Gasteiger partial charge in [0.25, 0.3) is 15.9 Å². The van der Waals surface area contributed by atoms with Crippen LogP contribution in [0.1, 0.15) is 59.2 Å². The number of carbonyl (C=O) groups excluding carboxylic acids is 1. The van der Waals surface area contributed by atoms with Gasteiger partial charge in [0.05, 0.1) is 17.1 Å². The number of carbonyl (C=O) groups is 1. The van der Waals surface area contributed by atoms with Gasteiger partial charge in [0, 0.05) is 5.41 Å². The Morgan fingerprint density at radius 3 is 2.13 bits per heavy atom. The monoisotopic (exact) mass is 439 g/mol. The Morgan fingerprint density at radius 1 is 1.00 bits per heavy atom. The number of nitrogens with zero attached hydrogens (tertiary/aromatic N) is 2. The Labute approximate surface area is 184 Å². The van der Waals surface area contributed by atoms with E-state index >= 15 is 0 Å². The predicted octanol–water partition coefficient (Wildman–Crippen LogP) is 4.27. The Balaban J connectivity index is 2.02. The zero-order valence-electron chi connectivity index (χ0n) is 18.9. The van der Waals surface area contributed by atoms with Crippen molar-refractivity contribution in [2.24, 2.45) is 0 Å². The summed E-state index contributed by atoms with van der Waals surface area (Å²) in [5, 5.41) is 4.67. The Kier molecular flexibility index (Phi) is 6.09. The lowest BCUT2D eigenvalue weighted by atomic mass is 9.92. The predicted molar refractivity (Wildman–Crippen MR) is 122 cm³/mol. The molecule has 3 aromatic rings. The number of benzene rings is 2. The molecule has 0 bridgehead atoms. The van der Waals surface area contributed by atoms with E-state index in [0.29, 0.717) is 6.54 Å². The molecule has 0 aliphatic heterocycles. The zero-order chi connectivity index (χ0) is 23.0. The van der Waals surface area contributed by atoms with E-state index in [0.717, 1.165) is 22.4 Å². The van der Waals surface area contributed by atoms with Crippen molar-refractivity contribution in [3.05, 3.63) is 82.2 Å². The average Bonchev–Trinajstić information content (AvgIpc) is 3.09. The van der Waals surface area contributed by atoms with Crippen LogP contribution in [0.25, 0.3) is 0 Å². The third kappa shape index (κ3) is 5.05. The van der Waals surface area contributed by atoms with E-state index in [1.54, 1.807) is 28.9 Å². The first-order valence-corrected chi connectivity index (χ1v) is 11.6. The number of nitrogens with one attached hydrogen (secondary N) is 1. The van der Waals surface area contributed by atoms with Crippen LogP contribution in [0.3, 0.4) is 0 Å². The summed E-state index contributed by atoms with van der Waals surface area (Å²) in [5.74, 6) is -0.700. The van der Waals surface area contributed by atoms with Crippen molar-refractivity contribution in [2.45, 2.75) is 58.4 Å². The molecule has 164 valence electrons. The molecule has 0 unspecified atom stereocenters. The summed E-state index contributed by atoms with van der Waals surface area (Å²) in [4.78, 5) is 13.1. The van der Waals surface area contributed by atoms with Gasteiger partial charge in [-0.3, -0.25) is 9.48 Å². The van der Waals surface area contributed by atoms with Gasteiger partial charge in [-0.05, 0) is 55.7 Å². The first-order valence-electron chi connectivity index (χ1n) is 10.2. The lowest BCUT2D eigenvalue weighted by Crippen LogP contribution is -2.32. The number of rotatable bonds is 5. The molecule has 0 saturated heterocycles. The minimum atomic E-state index is -3.99. The van der Waals surface area contributed by atoms with Crippen LogP contribution < -0.4 is 4.72 Å². The summed E-state index contributed by atoms with van der Waals surface area (Å²) in [6, 6.07) is 13.7. The van der Waals surface area contributed by atoms with Gasteiger partial charge in [-0.1, -0.05) is 56.7 Å². The second kappa shape index (κ2) is 8.30. The van der Waals surface area contributed by atoms with Gasteiger partial charge >= 0.3 is 0 Å². The van der Waals surface area contributed by atoms with E-state index in [-0.39, 0.29) is 16.0 Å². The first-order chi connectivity index (χ1) is 14.4. The summed E-state index contributed by atoms with van der Waals surface area (Å²) < 4.78 is 29.1. The topological polar surface area (TPSA) is 81.1 Å². The van der Waals surface area contributed by atoms with E-state index in [1.165, 1.54) is 17.7 Å². The molecule has 0 saturated carbocycles. The molecule has 0 spiro atoms. The third-order valence-corrected chi connectivity index (χ3v) is 6.56. The summed E-state index contributed by atoms with van der Waals surface area (Å²) in [5.41, 5.74) is 5.08. The number of sulfonamides is 1. The van der Waals surface area contributed by atoms with Gasteiger partial charge < -0.3 is 0 Å². The summed E-state index contributed by atoms with van der Waals surface area (Å²) in [7, 11) is -3.99. The van der Waals surface area contributed by atoms with E-state index < -0.39 is 15.9 Å². The van der Waals surface area contributed by atoms with Crippen LogP contribution in [0.4, 0.5) is 0 Å². The molecule has 3 rings (SSSR count). The quantitative estimate of drug-likeness (QED) is 0.644. The summed E-state index contributed by atoms with van der Waals surface area (Å²) in [6.45, 7) is 12.5. The number of aryl methyl sites for hydroxylation is 3. The molecule has 1 amide bonds. The first kappa shape index (κ1) is 22.7. The largest absolute Gasteiger partial charge is 0.283 e. The molecule has 2 aromatic carbocycles. The highest BCUT2D eigenvalue weighted by Gasteiger charge is 2.26. The second-order valence-corrected chi connectivity index (χ2v) is 10.6. The molecule has 7 heteroatoms. The number of amides is 1. The van der Waals surface area contributed by atoms with Crippen LogP contribution in [-0.2, 0) is 22.0 Å². The third-order valence-electron chi connectivity index (χ3n) is 5.21. The molecular weight excluding hydrogens is 410 g/mol. The Hall–Kier alpha value is -2.93. The summed E-state index contributed by atoms with van der Waals surface area (Å²) in [6.07, 6.45) is 0. The van der Waals surface area contributed by atoms with Crippen molar-refractivity contribution >= 4 is 15.9 Å². The van der Waals surface area contributed by atoms with Crippen LogP contribution in [0.5, 0.6) is 0 Å². The van der Waals surface area contributed by atoms with Gasteiger partial charge in [-0.2, -0.15) is 5.10 Å². The van der Waals surface area contributed by atoms with Crippen molar-refractivity contribution in [2.75, 3.05) is 0 Å². The Morgan fingerprint density at radius 2 is 1.58 bits per heavy atom. The number of hydrogen-bond acceptors (Lipinski definition) is 4. The zero-order valence-corrected chi connectivity index (χ0v) is 19.7. The van der Waals surface area contributed by atoms with Crippen LogP contribution >= 0.6 is 0 Å².